The molecule has 2 N–H and O–H groups in total. The molecule has 1 saturated heterocycles. The van der Waals surface area contributed by atoms with E-state index in [9.17, 15) is 4.79 Å². The van der Waals surface area contributed by atoms with Gasteiger partial charge in [-0.05, 0) is 53.2 Å². The lowest BCUT2D eigenvalue weighted by Crippen LogP contribution is -2.31. The molecule has 0 radical (unpaired) electrons. The molecule has 1 aromatic rings. The summed E-state index contributed by atoms with van der Waals surface area (Å²) in [5.74, 6) is 0.364. The first-order chi connectivity index (χ1) is 10.1. The minimum atomic E-state index is -0.268. The van der Waals surface area contributed by atoms with Gasteiger partial charge in [0.15, 0.2) is 0 Å². The second-order valence-electron chi connectivity index (χ2n) is 5.79. The molecule has 118 valence electrons. The summed E-state index contributed by atoms with van der Waals surface area (Å²) in [6, 6.07) is 0.609. The monoisotopic (exact) mass is 295 g/mol. The van der Waals surface area contributed by atoms with Crippen LogP contribution in [-0.4, -0.2) is 53.7 Å². The molecular weight excluding hydrogens is 270 g/mol. The highest BCUT2D eigenvalue weighted by Gasteiger charge is 2.24. The van der Waals surface area contributed by atoms with E-state index in [-0.39, 0.29) is 17.8 Å². The van der Waals surface area contributed by atoms with E-state index < -0.39 is 0 Å². The summed E-state index contributed by atoms with van der Waals surface area (Å²) in [7, 11) is 2.08. The van der Waals surface area contributed by atoms with Crippen LogP contribution in [0.5, 0.6) is 0 Å². The summed E-state index contributed by atoms with van der Waals surface area (Å²) in [5.41, 5.74) is 0. The molecule has 0 aliphatic carbocycles. The second-order valence-corrected chi connectivity index (χ2v) is 5.79. The minimum absolute atomic E-state index is 0.0961. The van der Waals surface area contributed by atoms with Crippen LogP contribution in [0.3, 0.4) is 0 Å². The number of nitrogens with zero attached hydrogens (tertiary/aromatic N) is 3. The van der Waals surface area contributed by atoms with Crippen LogP contribution >= 0.6 is 0 Å². The smallest absolute Gasteiger partial charge is 0.292 e. The zero-order valence-electron chi connectivity index (χ0n) is 13.1. The van der Waals surface area contributed by atoms with Gasteiger partial charge in [-0.15, -0.1) is 0 Å². The third-order valence-corrected chi connectivity index (χ3v) is 3.86. The van der Waals surface area contributed by atoms with Crippen molar-refractivity contribution in [2.45, 2.75) is 45.2 Å². The Labute approximate surface area is 125 Å². The van der Waals surface area contributed by atoms with Gasteiger partial charge in [-0.3, -0.25) is 4.79 Å². The average molecular weight is 295 g/mol. The first-order valence-corrected chi connectivity index (χ1v) is 7.63. The number of nitrogens with one attached hydrogen (secondary N) is 2. The second kappa shape index (κ2) is 7.51. The van der Waals surface area contributed by atoms with E-state index in [4.69, 9.17) is 4.52 Å². The van der Waals surface area contributed by atoms with Crippen LogP contribution in [0, 0.1) is 0 Å². The molecule has 0 spiro atoms. The van der Waals surface area contributed by atoms with Crippen molar-refractivity contribution in [2.24, 2.45) is 0 Å². The molecular formula is C14H25N5O2. The van der Waals surface area contributed by atoms with Crippen molar-refractivity contribution in [3.63, 3.8) is 0 Å². The van der Waals surface area contributed by atoms with Gasteiger partial charge in [0.1, 0.15) is 0 Å². The highest BCUT2D eigenvalue weighted by atomic mass is 16.5. The standard InChI is InChI=1S/C14H25N5O2/c1-10(2)19(3)9-5-8-16-13(20)12-17-14(21-18-12)11-6-4-7-15-11/h10-11,15H,4-9H2,1-3H3,(H,16,20). The molecule has 1 aliphatic heterocycles. The first-order valence-electron chi connectivity index (χ1n) is 7.63. The summed E-state index contributed by atoms with van der Waals surface area (Å²) in [5, 5.41) is 9.85. The van der Waals surface area contributed by atoms with Gasteiger partial charge in [-0.2, -0.15) is 4.98 Å². The molecule has 1 aliphatic rings. The zero-order chi connectivity index (χ0) is 15.2. The Morgan fingerprint density at radius 3 is 3.05 bits per heavy atom. The maximum atomic E-state index is 11.9. The van der Waals surface area contributed by atoms with E-state index >= 15 is 0 Å². The van der Waals surface area contributed by atoms with Crippen LogP contribution in [0.25, 0.3) is 0 Å². The van der Waals surface area contributed by atoms with Crippen molar-refractivity contribution in [2.75, 3.05) is 26.7 Å². The van der Waals surface area contributed by atoms with Gasteiger partial charge in [0, 0.05) is 12.6 Å². The Bertz CT molecular complexity index is 454. The van der Waals surface area contributed by atoms with Crippen LogP contribution in [0.15, 0.2) is 4.52 Å². The van der Waals surface area contributed by atoms with E-state index in [1.54, 1.807) is 0 Å². The normalized spacial score (nSPS) is 18.6. The lowest BCUT2D eigenvalue weighted by molar-refractivity contribution is 0.0938. The Balaban J connectivity index is 1.73. The van der Waals surface area contributed by atoms with Crippen molar-refractivity contribution in [1.29, 1.82) is 0 Å². The fourth-order valence-electron chi connectivity index (χ4n) is 2.23. The van der Waals surface area contributed by atoms with Crippen LogP contribution in [0.2, 0.25) is 0 Å². The third-order valence-electron chi connectivity index (χ3n) is 3.86. The van der Waals surface area contributed by atoms with Gasteiger partial charge < -0.3 is 20.1 Å². The van der Waals surface area contributed by atoms with Gasteiger partial charge in [-0.25, -0.2) is 0 Å². The van der Waals surface area contributed by atoms with Crippen LogP contribution in [-0.2, 0) is 0 Å². The van der Waals surface area contributed by atoms with Gasteiger partial charge in [0.2, 0.25) is 5.89 Å². The number of aromatic nitrogens is 2. The van der Waals surface area contributed by atoms with E-state index in [1.165, 1.54) is 0 Å². The fourth-order valence-corrected chi connectivity index (χ4v) is 2.23. The molecule has 1 unspecified atom stereocenters. The number of amides is 1. The van der Waals surface area contributed by atoms with Crippen LogP contribution in [0.1, 0.15) is 55.7 Å². The molecule has 1 atom stereocenters. The zero-order valence-corrected chi connectivity index (χ0v) is 13.1. The molecule has 21 heavy (non-hydrogen) atoms. The van der Waals surface area contributed by atoms with Gasteiger partial charge >= 0.3 is 0 Å². The number of rotatable bonds is 7. The molecule has 2 heterocycles. The molecule has 2 rings (SSSR count). The number of hydrogen-bond acceptors (Lipinski definition) is 6. The van der Waals surface area contributed by atoms with E-state index in [2.05, 4.69) is 46.6 Å². The Kier molecular flexibility index (Phi) is 5.69. The quantitative estimate of drug-likeness (QED) is 0.729. The predicted octanol–water partition coefficient (Wildman–Crippen LogP) is 0.954. The highest BCUT2D eigenvalue weighted by Crippen LogP contribution is 2.20. The van der Waals surface area contributed by atoms with Crippen LogP contribution < -0.4 is 10.6 Å². The molecule has 0 saturated carbocycles. The van der Waals surface area contributed by atoms with E-state index in [0.29, 0.717) is 18.5 Å². The summed E-state index contributed by atoms with van der Waals surface area (Å²) in [4.78, 5) is 18.3. The van der Waals surface area contributed by atoms with Crippen molar-refractivity contribution in [3.8, 4) is 0 Å². The molecule has 1 amide bonds. The summed E-state index contributed by atoms with van der Waals surface area (Å²) < 4.78 is 5.15. The van der Waals surface area contributed by atoms with E-state index in [0.717, 1.165) is 32.4 Å². The highest BCUT2D eigenvalue weighted by molar-refractivity contribution is 5.90. The summed E-state index contributed by atoms with van der Waals surface area (Å²) in [6.07, 6.45) is 2.97. The van der Waals surface area contributed by atoms with Crippen molar-refractivity contribution in [3.05, 3.63) is 11.7 Å². The van der Waals surface area contributed by atoms with Crippen LogP contribution in [0.4, 0.5) is 0 Å². The maximum absolute atomic E-state index is 11.9. The SMILES string of the molecule is CC(C)N(C)CCCNC(=O)c1noc(C2CCCN2)n1. The third kappa shape index (κ3) is 4.50. The van der Waals surface area contributed by atoms with Gasteiger partial charge in [0.05, 0.1) is 6.04 Å². The summed E-state index contributed by atoms with van der Waals surface area (Å²) in [6.45, 7) is 6.81. The number of carbonyl (C=O) groups excluding carboxylic acids is 1. The van der Waals surface area contributed by atoms with E-state index in [1.807, 2.05) is 0 Å². The Hall–Kier alpha value is -1.47. The fraction of sp³-hybridized carbons (Fsp3) is 0.786. The predicted molar refractivity (Wildman–Crippen MR) is 79.0 cm³/mol. The first kappa shape index (κ1) is 15.9. The molecule has 0 aromatic carbocycles. The van der Waals surface area contributed by atoms with Gasteiger partial charge in [-0.1, -0.05) is 5.16 Å². The van der Waals surface area contributed by atoms with Crippen molar-refractivity contribution >= 4 is 5.91 Å². The Morgan fingerprint density at radius 1 is 1.57 bits per heavy atom. The Morgan fingerprint density at radius 2 is 2.38 bits per heavy atom. The number of carbonyl (C=O) groups is 1. The lowest BCUT2D eigenvalue weighted by Gasteiger charge is -2.20. The average Bonchev–Trinajstić information content (AvgIpc) is 3.12. The molecule has 7 nitrogen and oxygen atoms in total. The largest absolute Gasteiger partial charge is 0.349 e. The van der Waals surface area contributed by atoms with Crippen molar-refractivity contribution in [1.82, 2.24) is 25.7 Å². The lowest BCUT2D eigenvalue weighted by atomic mass is 10.2. The molecule has 1 aromatic heterocycles. The summed E-state index contributed by atoms with van der Waals surface area (Å²) >= 11 is 0. The molecule has 1 fully saturated rings. The minimum Gasteiger partial charge on any atom is -0.349 e. The van der Waals surface area contributed by atoms with Crippen molar-refractivity contribution < 1.29 is 9.32 Å². The molecule has 7 heteroatoms. The number of hydrogen-bond donors (Lipinski definition) is 2. The maximum Gasteiger partial charge on any atom is 0.292 e. The van der Waals surface area contributed by atoms with Gasteiger partial charge in [0.25, 0.3) is 11.7 Å². The topological polar surface area (TPSA) is 83.3 Å². The molecule has 0 bridgehead atoms.